The van der Waals surface area contributed by atoms with Gasteiger partial charge >= 0.3 is 0 Å². The Morgan fingerprint density at radius 1 is 1.47 bits per heavy atom. The number of hydrogen-bond donors (Lipinski definition) is 1. The van der Waals surface area contributed by atoms with Crippen LogP contribution >= 0.6 is 11.6 Å². The van der Waals surface area contributed by atoms with Gasteiger partial charge in [0.2, 0.25) is 0 Å². The van der Waals surface area contributed by atoms with E-state index in [9.17, 15) is 0 Å². The first-order chi connectivity index (χ1) is 7.22. The highest BCUT2D eigenvalue weighted by atomic mass is 35.5. The van der Waals surface area contributed by atoms with Crippen LogP contribution in [0.4, 0.5) is 0 Å². The Bertz CT molecular complexity index is 364. The Balaban J connectivity index is 2.35. The zero-order valence-corrected chi connectivity index (χ0v) is 9.38. The Morgan fingerprint density at radius 2 is 2.20 bits per heavy atom. The minimum atomic E-state index is 0.0463. The SMILES string of the molecule is COc1cc(Cl)ccc1C1(CON)CC1. The first kappa shape index (κ1) is 10.7. The van der Waals surface area contributed by atoms with Gasteiger partial charge in [-0.25, -0.2) is 5.90 Å². The summed E-state index contributed by atoms with van der Waals surface area (Å²) in [5.41, 5.74) is 1.19. The van der Waals surface area contributed by atoms with E-state index >= 15 is 0 Å². The van der Waals surface area contributed by atoms with E-state index in [-0.39, 0.29) is 5.41 Å². The van der Waals surface area contributed by atoms with Crippen molar-refractivity contribution in [2.45, 2.75) is 18.3 Å². The van der Waals surface area contributed by atoms with Crippen molar-refractivity contribution in [1.29, 1.82) is 0 Å². The summed E-state index contributed by atoms with van der Waals surface area (Å²) >= 11 is 5.91. The molecule has 0 bridgehead atoms. The number of methoxy groups -OCH3 is 1. The summed E-state index contributed by atoms with van der Waals surface area (Å²) in [4.78, 5) is 4.76. The molecule has 3 nitrogen and oxygen atoms in total. The summed E-state index contributed by atoms with van der Waals surface area (Å²) in [5, 5.41) is 0.681. The molecule has 1 aromatic carbocycles. The van der Waals surface area contributed by atoms with Crippen molar-refractivity contribution in [3.8, 4) is 5.75 Å². The molecule has 2 N–H and O–H groups in total. The molecule has 1 saturated carbocycles. The van der Waals surface area contributed by atoms with Crippen LogP contribution in [0.25, 0.3) is 0 Å². The van der Waals surface area contributed by atoms with Crippen LogP contribution < -0.4 is 10.6 Å². The lowest BCUT2D eigenvalue weighted by atomic mass is 9.96. The third-order valence-electron chi connectivity index (χ3n) is 2.95. The number of nitrogens with two attached hydrogens (primary N) is 1. The smallest absolute Gasteiger partial charge is 0.124 e. The molecule has 1 aromatic rings. The first-order valence-electron chi connectivity index (χ1n) is 4.87. The van der Waals surface area contributed by atoms with Crippen molar-refractivity contribution in [2.24, 2.45) is 5.90 Å². The number of rotatable bonds is 4. The van der Waals surface area contributed by atoms with E-state index in [1.807, 2.05) is 18.2 Å². The fraction of sp³-hybridized carbons (Fsp3) is 0.455. The van der Waals surface area contributed by atoms with Gasteiger partial charge < -0.3 is 9.57 Å². The normalized spacial score (nSPS) is 17.5. The van der Waals surface area contributed by atoms with Gasteiger partial charge in [-0.2, -0.15) is 0 Å². The zero-order chi connectivity index (χ0) is 10.9. The molecule has 0 aliphatic heterocycles. The summed E-state index contributed by atoms with van der Waals surface area (Å²) in [7, 11) is 1.65. The monoisotopic (exact) mass is 227 g/mol. The van der Waals surface area contributed by atoms with E-state index in [2.05, 4.69) is 0 Å². The van der Waals surface area contributed by atoms with Crippen molar-refractivity contribution in [1.82, 2.24) is 0 Å². The molecule has 0 heterocycles. The van der Waals surface area contributed by atoms with Crippen molar-refractivity contribution < 1.29 is 9.57 Å². The van der Waals surface area contributed by atoms with Gasteiger partial charge in [0, 0.05) is 16.0 Å². The number of hydrogen-bond acceptors (Lipinski definition) is 3. The topological polar surface area (TPSA) is 44.5 Å². The van der Waals surface area contributed by atoms with Crippen molar-refractivity contribution in [3.05, 3.63) is 28.8 Å². The molecule has 4 heteroatoms. The lowest BCUT2D eigenvalue weighted by Crippen LogP contribution is -2.18. The Kier molecular flexibility index (Phi) is 2.87. The van der Waals surface area contributed by atoms with Gasteiger partial charge in [-0.15, -0.1) is 0 Å². The number of halogens is 1. The largest absolute Gasteiger partial charge is 0.496 e. The molecule has 2 rings (SSSR count). The lowest BCUT2D eigenvalue weighted by Gasteiger charge is -2.17. The van der Waals surface area contributed by atoms with Gasteiger partial charge in [0.05, 0.1) is 13.7 Å². The third kappa shape index (κ3) is 1.95. The maximum absolute atomic E-state index is 5.91. The first-order valence-corrected chi connectivity index (χ1v) is 5.25. The van der Waals surface area contributed by atoms with Crippen LogP contribution in [-0.2, 0) is 10.3 Å². The predicted molar refractivity (Wildman–Crippen MR) is 59.1 cm³/mol. The van der Waals surface area contributed by atoms with Gasteiger partial charge in [-0.05, 0) is 25.0 Å². The Morgan fingerprint density at radius 3 is 2.73 bits per heavy atom. The second-order valence-corrected chi connectivity index (χ2v) is 4.37. The molecule has 0 aromatic heterocycles. The van der Waals surface area contributed by atoms with Crippen LogP contribution in [0, 0.1) is 0 Å². The van der Waals surface area contributed by atoms with Crippen LogP contribution in [0.5, 0.6) is 5.75 Å². The molecule has 1 aliphatic rings. The molecule has 0 unspecified atom stereocenters. The molecule has 1 fully saturated rings. The summed E-state index contributed by atoms with van der Waals surface area (Å²) in [6.07, 6.45) is 2.17. The van der Waals surface area contributed by atoms with Crippen molar-refractivity contribution >= 4 is 11.6 Å². The van der Waals surface area contributed by atoms with E-state index < -0.39 is 0 Å². The molecule has 1 aliphatic carbocycles. The van der Waals surface area contributed by atoms with Crippen LogP contribution in [0.1, 0.15) is 18.4 Å². The van der Waals surface area contributed by atoms with Crippen LogP contribution in [-0.4, -0.2) is 13.7 Å². The Labute approximate surface area is 94.1 Å². The second-order valence-electron chi connectivity index (χ2n) is 3.94. The van der Waals surface area contributed by atoms with E-state index in [0.29, 0.717) is 11.6 Å². The fourth-order valence-electron chi connectivity index (χ4n) is 1.91. The molecule has 0 atom stereocenters. The highest BCUT2D eigenvalue weighted by Crippen LogP contribution is 2.51. The average molecular weight is 228 g/mol. The molecule has 0 amide bonds. The van der Waals surface area contributed by atoms with Crippen LogP contribution in [0.2, 0.25) is 5.02 Å². The highest BCUT2D eigenvalue weighted by Gasteiger charge is 2.46. The van der Waals surface area contributed by atoms with E-state index in [1.54, 1.807) is 7.11 Å². The molecule has 0 spiro atoms. The standard InChI is InChI=1S/C11H14ClNO2/c1-14-10-6-8(12)2-3-9(10)11(4-5-11)7-15-13/h2-3,6H,4-5,7,13H2,1H3. The maximum Gasteiger partial charge on any atom is 0.124 e. The van der Waals surface area contributed by atoms with E-state index in [0.717, 1.165) is 24.2 Å². The predicted octanol–water partition coefficient (Wildman–Crippen LogP) is 2.27. The van der Waals surface area contributed by atoms with E-state index in [4.69, 9.17) is 27.1 Å². The summed E-state index contributed by atoms with van der Waals surface area (Å²) in [6, 6.07) is 5.69. The average Bonchev–Trinajstić information content (AvgIpc) is 2.99. The van der Waals surface area contributed by atoms with E-state index in [1.165, 1.54) is 0 Å². The Hall–Kier alpha value is -0.770. The molecule has 0 radical (unpaired) electrons. The summed E-state index contributed by atoms with van der Waals surface area (Å²) in [6.45, 7) is 0.533. The minimum Gasteiger partial charge on any atom is -0.496 e. The molecular weight excluding hydrogens is 214 g/mol. The van der Waals surface area contributed by atoms with Gasteiger partial charge in [-0.1, -0.05) is 17.7 Å². The fourth-order valence-corrected chi connectivity index (χ4v) is 2.07. The third-order valence-corrected chi connectivity index (χ3v) is 3.18. The van der Waals surface area contributed by atoms with Gasteiger partial charge in [0.1, 0.15) is 5.75 Å². The van der Waals surface area contributed by atoms with Crippen LogP contribution in [0.3, 0.4) is 0 Å². The highest BCUT2D eigenvalue weighted by molar-refractivity contribution is 6.30. The van der Waals surface area contributed by atoms with Gasteiger partial charge in [-0.3, -0.25) is 0 Å². The second kappa shape index (κ2) is 4.00. The summed E-state index contributed by atoms with van der Waals surface area (Å²) in [5.74, 6) is 5.96. The molecule has 15 heavy (non-hydrogen) atoms. The van der Waals surface area contributed by atoms with Crippen molar-refractivity contribution in [3.63, 3.8) is 0 Å². The lowest BCUT2D eigenvalue weighted by molar-refractivity contribution is 0.115. The quantitative estimate of drug-likeness (QED) is 0.803. The molecule has 0 saturated heterocycles. The zero-order valence-electron chi connectivity index (χ0n) is 8.63. The molecular formula is C11H14ClNO2. The molecule has 82 valence electrons. The summed E-state index contributed by atoms with van der Waals surface area (Å²) < 4.78 is 5.32. The number of ether oxygens (including phenoxy) is 1. The minimum absolute atomic E-state index is 0.0463. The van der Waals surface area contributed by atoms with Crippen LogP contribution in [0.15, 0.2) is 18.2 Å². The van der Waals surface area contributed by atoms with Crippen molar-refractivity contribution in [2.75, 3.05) is 13.7 Å². The maximum atomic E-state index is 5.91. The van der Waals surface area contributed by atoms with Gasteiger partial charge in [0.15, 0.2) is 0 Å². The van der Waals surface area contributed by atoms with Gasteiger partial charge in [0.25, 0.3) is 0 Å². The number of benzene rings is 1.